The van der Waals surface area contributed by atoms with Gasteiger partial charge in [0, 0.05) is 25.5 Å². The van der Waals surface area contributed by atoms with Crippen molar-refractivity contribution in [3.05, 3.63) is 0 Å². The normalized spacial score (nSPS) is 13.2. The van der Waals surface area contributed by atoms with E-state index >= 15 is 0 Å². The number of hydrogen-bond donors (Lipinski definition) is 0. The molecule has 0 atom stereocenters. The Labute approximate surface area is 125 Å². The molecule has 0 aliphatic rings. The van der Waals surface area contributed by atoms with Gasteiger partial charge in [-0.05, 0) is 61.2 Å². The van der Waals surface area contributed by atoms with Gasteiger partial charge in [-0.15, -0.1) is 0 Å². The monoisotopic (exact) mass is 304 g/mol. The molecule has 0 aliphatic heterocycles. The first-order valence-electron chi connectivity index (χ1n) is 7.56. The molecule has 20 heavy (non-hydrogen) atoms. The van der Waals surface area contributed by atoms with E-state index in [-0.39, 0.29) is 0 Å². The molecule has 0 saturated carbocycles. The highest BCUT2D eigenvalue weighted by molar-refractivity contribution is 6.61. The summed E-state index contributed by atoms with van der Waals surface area (Å²) in [6, 6.07) is 0. The van der Waals surface area contributed by atoms with Crippen molar-refractivity contribution in [3.63, 3.8) is 0 Å². The van der Waals surface area contributed by atoms with Gasteiger partial charge in [0.15, 0.2) is 0 Å². The van der Waals surface area contributed by atoms with Crippen LogP contribution in [0.15, 0.2) is 4.99 Å². The van der Waals surface area contributed by atoms with Gasteiger partial charge in [0.1, 0.15) is 6.17 Å². The first-order chi connectivity index (χ1) is 9.49. The van der Waals surface area contributed by atoms with Crippen LogP contribution in [-0.2, 0) is 13.3 Å². The predicted molar refractivity (Wildman–Crippen MR) is 86.4 cm³/mol. The van der Waals surface area contributed by atoms with Crippen molar-refractivity contribution in [2.24, 2.45) is 4.99 Å². The van der Waals surface area contributed by atoms with Crippen molar-refractivity contribution in [3.8, 4) is 0 Å². The molecule has 0 spiro atoms. The van der Waals surface area contributed by atoms with Crippen LogP contribution in [0, 0.1) is 0 Å². The van der Waals surface area contributed by atoms with Crippen molar-refractivity contribution in [1.82, 2.24) is 4.90 Å². The van der Waals surface area contributed by atoms with Crippen LogP contribution in [0.25, 0.3) is 0 Å². The van der Waals surface area contributed by atoms with Crippen LogP contribution >= 0.6 is 0 Å². The molecular weight excluding hydrogens is 272 g/mol. The van der Waals surface area contributed by atoms with Crippen LogP contribution in [0.2, 0.25) is 0 Å². The molecule has 0 aliphatic carbocycles. The van der Waals surface area contributed by atoms with Gasteiger partial charge >= 0.3 is 8.80 Å². The minimum absolute atomic E-state index is 0.524. The van der Waals surface area contributed by atoms with Crippen LogP contribution < -0.4 is 0 Å². The second-order valence-electron chi connectivity index (χ2n) is 4.94. The Bertz CT molecular complexity index is 256. The third kappa shape index (κ3) is 8.81. The van der Waals surface area contributed by atoms with Crippen LogP contribution in [0.3, 0.4) is 0 Å². The zero-order valence-corrected chi connectivity index (χ0v) is 15.1. The fourth-order valence-electron chi connectivity index (χ4n) is 1.88. The fraction of sp³-hybridized carbons (Fsp3) is 0.929. The summed E-state index contributed by atoms with van der Waals surface area (Å²) >= 11 is 0. The van der Waals surface area contributed by atoms with E-state index in [1.165, 1.54) is 0 Å². The minimum Gasteiger partial charge on any atom is -0.373 e. The Morgan fingerprint density at radius 3 is 1.90 bits per heavy atom. The van der Waals surface area contributed by atoms with Gasteiger partial charge in [-0.1, -0.05) is 0 Å². The van der Waals surface area contributed by atoms with Gasteiger partial charge in [-0.2, -0.15) is 0 Å². The molecule has 120 valence electrons. The third-order valence-electron chi connectivity index (χ3n) is 2.78. The molecule has 0 N–H and O–H groups in total. The molecule has 0 saturated heterocycles. The molecule has 0 unspecified atom stereocenters. The van der Waals surface area contributed by atoms with Crippen molar-refractivity contribution in [1.29, 1.82) is 0 Å². The SMILES string of the molecule is CCO[Si](CN=C(C)CCCN(C)C)(OCC)OCC. The summed E-state index contributed by atoms with van der Waals surface area (Å²) in [5, 5.41) is 0. The quantitative estimate of drug-likeness (QED) is 0.410. The highest BCUT2D eigenvalue weighted by Gasteiger charge is 2.40. The van der Waals surface area contributed by atoms with Crippen molar-refractivity contribution in [2.75, 3.05) is 46.6 Å². The molecule has 0 aromatic carbocycles. The minimum atomic E-state index is -2.62. The van der Waals surface area contributed by atoms with Gasteiger partial charge < -0.3 is 18.2 Å². The average Bonchev–Trinajstić information content (AvgIpc) is 2.37. The molecule has 0 heterocycles. The Hall–Kier alpha value is -0.273. The van der Waals surface area contributed by atoms with E-state index in [1.807, 2.05) is 20.8 Å². The molecule has 0 rings (SSSR count). The summed E-state index contributed by atoms with van der Waals surface area (Å²) in [5.41, 5.74) is 1.14. The van der Waals surface area contributed by atoms with Crippen LogP contribution in [-0.4, -0.2) is 66.0 Å². The maximum Gasteiger partial charge on any atom is 0.523 e. The van der Waals surface area contributed by atoms with E-state index < -0.39 is 8.80 Å². The molecule has 0 fully saturated rings. The average molecular weight is 305 g/mol. The first kappa shape index (κ1) is 19.7. The van der Waals surface area contributed by atoms with Crippen molar-refractivity contribution >= 4 is 14.5 Å². The maximum atomic E-state index is 5.78. The highest BCUT2D eigenvalue weighted by atomic mass is 28.4. The van der Waals surface area contributed by atoms with Gasteiger partial charge in [0.05, 0.1) is 0 Å². The maximum absolute atomic E-state index is 5.78. The van der Waals surface area contributed by atoms with Crippen LogP contribution in [0.1, 0.15) is 40.5 Å². The number of nitrogens with zero attached hydrogens (tertiary/aromatic N) is 2. The molecule has 0 aromatic heterocycles. The zero-order valence-electron chi connectivity index (χ0n) is 14.1. The number of hydrogen-bond acceptors (Lipinski definition) is 5. The van der Waals surface area contributed by atoms with Gasteiger partial charge in [0.25, 0.3) is 0 Å². The first-order valence-corrected chi connectivity index (χ1v) is 9.49. The smallest absolute Gasteiger partial charge is 0.373 e. The summed E-state index contributed by atoms with van der Waals surface area (Å²) in [7, 11) is 1.56. The topological polar surface area (TPSA) is 43.3 Å². The largest absolute Gasteiger partial charge is 0.523 e. The van der Waals surface area contributed by atoms with E-state index in [0.29, 0.717) is 26.0 Å². The molecule has 5 nitrogen and oxygen atoms in total. The fourth-order valence-corrected chi connectivity index (χ4v) is 4.19. The standard InChI is InChI=1S/C14H32N2O3Si/c1-7-17-20(18-8-2,19-9-3)13-15-14(4)11-10-12-16(5)6/h7-13H2,1-6H3. The van der Waals surface area contributed by atoms with Gasteiger partial charge in [0.2, 0.25) is 0 Å². The van der Waals surface area contributed by atoms with Crippen LogP contribution in [0.5, 0.6) is 0 Å². The van der Waals surface area contributed by atoms with E-state index in [4.69, 9.17) is 13.3 Å². The van der Waals surface area contributed by atoms with Crippen molar-refractivity contribution < 1.29 is 13.3 Å². The van der Waals surface area contributed by atoms with E-state index in [2.05, 4.69) is 30.9 Å². The summed E-state index contributed by atoms with van der Waals surface area (Å²) in [5.74, 6) is 0. The van der Waals surface area contributed by atoms with Crippen LogP contribution in [0.4, 0.5) is 0 Å². The molecule has 0 aromatic rings. The number of aliphatic imine (C=N–C) groups is 1. The zero-order chi connectivity index (χ0) is 15.4. The summed E-state index contributed by atoms with van der Waals surface area (Å²) in [4.78, 5) is 6.82. The Kier molecular flexibility index (Phi) is 11.2. The lowest BCUT2D eigenvalue weighted by molar-refractivity contribution is 0.0729. The third-order valence-corrected chi connectivity index (χ3v) is 5.51. The van der Waals surface area contributed by atoms with Gasteiger partial charge in [-0.25, -0.2) is 0 Å². The van der Waals surface area contributed by atoms with E-state index in [9.17, 15) is 0 Å². The number of rotatable bonds is 12. The lowest BCUT2D eigenvalue weighted by atomic mass is 10.2. The highest BCUT2D eigenvalue weighted by Crippen LogP contribution is 2.11. The molecule has 6 heteroatoms. The lowest BCUT2D eigenvalue weighted by Crippen LogP contribution is -2.49. The summed E-state index contributed by atoms with van der Waals surface area (Å²) < 4.78 is 17.3. The Morgan fingerprint density at radius 2 is 1.50 bits per heavy atom. The second kappa shape index (κ2) is 11.4. The Balaban J connectivity index is 4.46. The van der Waals surface area contributed by atoms with E-state index in [0.717, 1.165) is 25.1 Å². The van der Waals surface area contributed by atoms with Gasteiger partial charge in [-0.3, -0.25) is 4.99 Å². The lowest BCUT2D eigenvalue weighted by Gasteiger charge is -2.27. The van der Waals surface area contributed by atoms with Crippen molar-refractivity contribution in [2.45, 2.75) is 40.5 Å². The van der Waals surface area contributed by atoms with E-state index in [1.54, 1.807) is 0 Å². The summed E-state index contributed by atoms with van der Waals surface area (Å²) in [6.07, 6.45) is 2.65. The molecule has 0 amide bonds. The molecule has 0 bridgehead atoms. The Morgan fingerprint density at radius 1 is 1.00 bits per heavy atom. The summed E-state index contributed by atoms with van der Waals surface area (Å²) in [6.45, 7) is 10.8. The second-order valence-corrected chi connectivity index (χ2v) is 7.49. The predicted octanol–water partition coefficient (Wildman–Crippen LogP) is 2.38. The molecular formula is C14H32N2O3Si. The molecule has 0 radical (unpaired) electrons.